The molecule has 0 atom stereocenters. The molecule has 0 unspecified atom stereocenters. The number of thiazole rings is 1. The molecule has 0 radical (unpaired) electrons. The van der Waals surface area contributed by atoms with Crippen molar-refractivity contribution in [1.29, 1.82) is 0 Å². The highest BCUT2D eigenvalue weighted by atomic mass is 32.1. The van der Waals surface area contributed by atoms with Crippen LogP contribution in [0.5, 0.6) is 5.75 Å². The van der Waals surface area contributed by atoms with Crippen molar-refractivity contribution in [2.45, 2.75) is 19.9 Å². The first-order chi connectivity index (χ1) is 9.66. The Balaban J connectivity index is 1.97. The lowest BCUT2D eigenvalue weighted by atomic mass is 10.3. The first-order valence-corrected chi connectivity index (χ1v) is 7.17. The maximum atomic E-state index is 10.7. The summed E-state index contributed by atoms with van der Waals surface area (Å²) in [5.41, 5.74) is 8.86. The van der Waals surface area contributed by atoms with E-state index in [1.54, 1.807) is 11.3 Å². The van der Waals surface area contributed by atoms with Crippen molar-refractivity contribution >= 4 is 22.9 Å². The highest BCUT2D eigenvalue weighted by molar-refractivity contribution is 7.09. The van der Waals surface area contributed by atoms with Crippen molar-refractivity contribution in [3.8, 4) is 5.75 Å². The van der Waals surface area contributed by atoms with Gasteiger partial charge in [0.2, 0.25) is 5.91 Å². The number of nitrogens with zero attached hydrogens (tertiary/aromatic N) is 1. The quantitative estimate of drug-likeness (QED) is 0.820. The molecule has 2 rings (SSSR count). The third-order valence-corrected chi connectivity index (χ3v) is 3.71. The number of aromatic nitrogens is 1. The monoisotopic (exact) mass is 291 g/mol. The smallest absolute Gasteiger partial charge is 0.220 e. The minimum Gasteiger partial charge on any atom is -0.491 e. The molecule has 0 fully saturated rings. The third kappa shape index (κ3) is 3.96. The number of anilines is 1. The van der Waals surface area contributed by atoms with Gasteiger partial charge in [-0.25, -0.2) is 4.98 Å². The highest BCUT2D eigenvalue weighted by Crippen LogP contribution is 2.25. The van der Waals surface area contributed by atoms with E-state index in [1.165, 1.54) is 4.88 Å². The maximum absolute atomic E-state index is 10.7. The van der Waals surface area contributed by atoms with Gasteiger partial charge >= 0.3 is 0 Å². The van der Waals surface area contributed by atoms with E-state index in [9.17, 15) is 4.79 Å². The predicted octanol–water partition coefficient (Wildman–Crippen LogP) is 2.32. The fourth-order valence-electron chi connectivity index (χ4n) is 1.67. The Morgan fingerprint density at radius 1 is 1.45 bits per heavy atom. The first-order valence-electron chi connectivity index (χ1n) is 6.30. The second-order valence-electron chi connectivity index (χ2n) is 4.28. The van der Waals surface area contributed by atoms with E-state index in [0.29, 0.717) is 6.54 Å². The normalized spacial score (nSPS) is 10.2. The maximum Gasteiger partial charge on any atom is 0.220 e. The zero-order chi connectivity index (χ0) is 14.4. The summed E-state index contributed by atoms with van der Waals surface area (Å²) in [7, 11) is 0. The Labute approximate surface area is 121 Å². The number of rotatable bonds is 7. The van der Waals surface area contributed by atoms with E-state index >= 15 is 0 Å². The number of primary amides is 1. The molecule has 106 valence electrons. The van der Waals surface area contributed by atoms with Gasteiger partial charge in [-0.15, -0.1) is 11.3 Å². The molecule has 0 aliphatic rings. The molecule has 20 heavy (non-hydrogen) atoms. The van der Waals surface area contributed by atoms with Gasteiger partial charge in [0.1, 0.15) is 5.75 Å². The molecule has 1 amide bonds. The summed E-state index contributed by atoms with van der Waals surface area (Å²) in [6.45, 7) is 2.98. The molecule has 2 aromatic rings. The summed E-state index contributed by atoms with van der Waals surface area (Å²) in [6.07, 6.45) is 0.211. The summed E-state index contributed by atoms with van der Waals surface area (Å²) in [4.78, 5) is 16.1. The molecule has 0 aliphatic carbocycles. The van der Waals surface area contributed by atoms with Crippen molar-refractivity contribution in [3.63, 3.8) is 0 Å². The summed E-state index contributed by atoms with van der Waals surface area (Å²) in [5.74, 6) is 0.353. The van der Waals surface area contributed by atoms with Gasteiger partial charge in [0.15, 0.2) is 0 Å². The summed E-state index contributed by atoms with van der Waals surface area (Å²) < 4.78 is 5.57. The largest absolute Gasteiger partial charge is 0.491 e. The molecule has 0 saturated heterocycles. The lowest BCUT2D eigenvalue weighted by Crippen LogP contribution is -2.15. The number of hydrogen-bond donors (Lipinski definition) is 2. The van der Waals surface area contributed by atoms with Crippen LogP contribution in [0.15, 0.2) is 29.8 Å². The van der Waals surface area contributed by atoms with Crippen LogP contribution in [0.1, 0.15) is 17.0 Å². The molecule has 1 aromatic carbocycles. The van der Waals surface area contributed by atoms with Crippen LogP contribution in [0.2, 0.25) is 0 Å². The van der Waals surface area contributed by atoms with Crippen LogP contribution < -0.4 is 15.8 Å². The average molecular weight is 291 g/mol. The summed E-state index contributed by atoms with van der Waals surface area (Å²) >= 11 is 1.62. The van der Waals surface area contributed by atoms with Crippen molar-refractivity contribution in [3.05, 3.63) is 40.3 Å². The van der Waals surface area contributed by atoms with E-state index < -0.39 is 0 Å². The molecule has 1 aromatic heterocycles. The molecule has 0 bridgehead atoms. The Morgan fingerprint density at radius 2 is 2.25 bits per heavy atom. The molecule has 0 saturated carbocycles. The van der Waals surface area contributed by atoms with E-state index in [1.807, 2.05) is 36.7 Å². The van der Waals surface area contributed by atoms with E-state index in [0.717, 1.165) is 17.1 Å². The number of nitrogens with one attached hydrogen (secondary N) is 1. The van der Waals surface area contributed by atoms with Gasteiger partial charge in [-0.2, -0.15) is 0 Å². The van der Waals surface area contributed by atoms with Gasteiger partial charge in [-0.05, 0) is 19.1 Å². The Bertz CT molecular complexity index is 583. The molecule has 5 nitrogen and oxygen atoms in total. The van der Waals surface area contributed by atoms with Gasteiger partial charge in [0.05, 0.1) is 36.5 Å². The Morgan fingerprint density at radius 3 is 2.95 bits per heavy atom. The van der Waals surface area contributed by atoms with Gasteiger partial charge < -0.3 is 15.8 Å². The number of carbonyl (C=O) groups excluding carboxylic acids is 1. The van der Waals surface area contributed by atoms with Crippen molar-refractivity contribution in [1.82, 2.24) is 4.98 Å². The minimum absolute atomic E-state index is 0.211. The Hall–Kier alpha value is -2.08. The zero-order valence-electron chi connectivity index (χ0n) is 11.3. The predicted molar refractivity (Wildman–Crippen MR) is 79.9 cm³/mol. The minimum atomic E-state index is -0.365. The van der Waals surface area contributed by atoms with Crippen molar-refractivity contribution in [2.75, 3.05) is 11.9 Å². The van der Waals surface area contributed by atoms with Crippen LogP contribution in [0.4, 0.5) is 5.69 Å². The van der Waals surface area contributed by atoms with Gasteiger partial charge in [-0.3, -0.25) is 4.79 Å². The van der Waals surface area contributed by atoms with Crippen LogP contribution in [0.3, 0.4) is 0 Å². The van der Waals surface area contributed by atoms with E-state index in [2.05, 4.69) is 10.3 Å². The number of hydrogen-bond acceptors (Lipinski definition) is 5. The summed E-state index contributed by atoms with van der Waals surface area (Å²) in [6, 6.07) is 7.63. The van der Waals surface area contributed by atoms with Crippen LogP contribution in [-0.2, 0) is 11.3 Å². The SMILES string of the molecule is Cc1ncsc1CNc1ccccc1OCCC(N)=O. The number of benzene rings is 1. The van der Waals surface area contributed by atoms with E-state index in [-0.39, 0.29) is 18.9 Å². The fraction of sp³-hybridized carbons (Fsp3) is 0.286. The van der Waals surface area contributed by atoms with Gasteiger partial charge in [0, 0.05) is 4.88 Å². The van der Waals surface area contributed by atoms with Crippen molar-refractivity contribution < 1.29 is 9.53 Å². The fourth-order valence-corrected chi connectivity index (χ4v) is 2.39. The number of para-hydroxylation sites is 2. The molecular weight excluding hydrogens is 274 g/mol. The molecule has 0 aliphatic heterocycles. The van der Waals surface area contributed by atoms with E-state index in [4.69, 9.17) is 10.5 Å². The third-order valence-electron chi connectivity index (χ3n) is 2.78. The van der Waals surface area contributed by atoms with Crippen molar-refractivity contribution in [2.24, 2.45) is 5.73 Å². The Kier molecular flexibility index (Phi) is 4.95. The summed E-state index contributed by atoms with van der Waals surface area (Å²) in [5, 5.41) is 3.32. The van der Waals surface area contributed by atoms with Crippen LogP contribution in [0.25, 0.3) is 0 Å². The molecular formula is C14H17N3O2S. The molecule has 1 heterocycles. The second-order valence-corrected chi connectivity index (χ2v) is 5.21. The number of ether oxygens (including phenoxy) is 1. The number of carbonyl (C=O) groups is 1. The van der Waals surface area contributed by atoms with Gasteiger partial charge in [0.25, 0.3) is 0 Å². The first kappa shape index (κ1) is 14.3. The van der Waals surface area contributed by atoms with Crippen LogP contribution in [0, 0.1) is 6.92 Å². The average Bonchev–Trinajstić information content (AvgIpc) is 2.83. The topological polar surface area (TPSA) is 77.2 Å². The number of aryl methyl sites for hydroxylation is 1. The second kappa shape index (κ2) is 6.91. The zero-order valence-corrected chi connectivity index (χ0v) is 12.1. The highest BCUT2D eigenvalue weighted by Gasteiger charge is 2.06. The number of nitrogens with two attached hydrogens (primary N) is 1. The lowest BCUT2D eigenvalue weighted by Gasteiger charge is -2.12. The molecule has 0 spiro atoms. The molecule has 3 N–H and O–H groups in total. The standard InChI is InChI=1S/C14H17N3O2S/c1-10-13(20-9-17-10)8-16-11-4-2-3-5-12(11)19-7-6-14(15)18/h2-5,9,16H,6-8H2,1H3,(H2,15,18). The molecule has 6 heteroatoms. The van der Waals surface area contributed by atoms with Gasteiger partial charge in [-0.1, -0.05) is 12.1 Å². The lowest BCUT2D eigenvalue weighted by molar-refractivity contribution is -0.118. The van der Waals surface area contributed by atoms with Crippen LogP contribution >= 0.6 is 11.3 Å². The number of amides is 1. The van der Waals surface area contributed by atoms with Crippen LogP contribution in [-0.4, -0.2) is 17.5 Å².